The van der Waals surface area contributed by atoms with Crippen LogP contribution < -0.4 is 5.32 Å². The summed E-state index contributed by atoms with van der Waals surface area (Å²) >= 11 is 0. The van der Waals surface area contributed by atoms with Crippen LogP contribution >= 0.6 is 0 Å². The van der Waals surface area contributed by atoms with Crippen LogP contribution in [0.4, 0.5) is 5.69 Å². The van der Waals surface area contributed by atoms with E-state index in [1.165, 1.54) is 11.6 Å². The van der Waals surface area contributed by atoms with Crippen molar-refractivity contribution in [3.8, 4) is 0 Å². The number of hydrogen-bond donors (Lipinski definition) is 1. The molecule has 0 fully saturated rings. The number of benzene rings is 1. The van der Waals surface area contributed by atoms with Crippen molar-refractivity contribution in [2.75, 3.05) is 19.4 Å². The lowest BCUT2D eigenvalue weighted by atomic mass is 10.2. The highest BCUT2D eigenvalue weighted by Gasteiger charge is 1.99. The average molecular weight is 204 g/mol. The van der Waals surface area contributed by atoms with Gasteiger partial charge in [0.2, 0.25) is 5.91 Å². The van der Waals surface area contributed by atoms with E-state index in [1.807, 2.05) is 38.4 Å². The second-order valence-corrected chi connectivity index (χ2v) is 3.63. The van der Waals surface area contributed by atoms with Crippen LogP contribution in [0.15, 0.2) is 36.9 Å². The number of carbonyl (C=O) groups excluding carboxylic acids is 1. The van der Waals surface area contributed by atoms with E-state index in [4.69, 9.17) is 0 Å². The minimum atomic E-state index is -0.183. The number of nitrogens with one attached hydrogen (secondary N) is 1. The minimum absolute atomic E-state index is 0.183. The summed E-state index contributed by atoms with van der Waals surface area (Å²) in [6.07, 6.45) is 1.26. The molecule has 0 aromatic heterocycles. The summed E-state index contributed by atoms with van der Waals surface area (Å²) in [5, 5.41) is 2.73. The molecule has 0 radical (unpaired) electrons. The summed E-state index contributed by atoms with van der Waals surface area (Å²) in [4.78, 5) is 13.2. The van der Waals surface area contributed by atoms with Crippen LogP contribution in [-0.4, -0.2) is 24.9 Å². The van der Waals surface area contributed by atoms with Crippen LogP contribution in [0.25, 0.3) is 0 Å². The molecule has 0 aliphatic rings. The number of nitrogens with zero attached hydrogens (tertiary/aromatic N) is 1. The lowest BCUT2D eigenvalue weighted by molar-refractivity contribution is -0.111. The third-order valence-electron chi connectivity index (χ3n) is 1.88. The number of rotatable bonds is 4. The van der Waals surface area contributed by atoms with Crippen molar-refractivity contribution in [1.29, 1.82) is 0 Å². The van der Waals surface area contributed by atoms with Gasteiger partial charge >= 0.3 is 0 Å². The molecule has 15 heavy (non-hydrogen) atoms. The fourth-order valence-corrected chi connectivity index (χ4v) is 1.31. The zero-order valence-electron chi connectivity index (χ0n) is 9.16. The molecule has 1 aromatic rings. The lowest BCUT2D eigenvalue weighted by Gasteiger charge is -2.10. The SMILES string of the molecule is C=CC(=O)Nc1cccc(CN(C)C)c1. The minimum Gasteiger partial charge on any atom is -0.323 e. The molecule has 3 nitrogen and oxygen atoms in total. The van der Waals surface area contributed by atoms with Crippen molar-refractivity contribution in [3.05, 3.63) is 42.5 Å². The van der Waals surface area contributed by atoms with E-state index in [-0.39, 0.29) is 5.91 Å². The molecule has 1 amide bonds. The Balaban J connectivity index is 2.73. The van der Waals surface area contributed by atoms with Gasteiger partial charge in [0, 0.05) is 12.2 Å². The van der Waals surface area contributed by atoms with Gasteiger partial charge in [-0.05, 0) is 37.9 Å². The van der Waals surface area contributed by atoms with E-state index in [0.717, 1.165) is 12.2 Å². The molecule has 3 heteroatoms. The Hall–Kier alpha value is -1.61. The molecule has 1 aromatic carbocycles. The number of carbonyl (C=O) groups is 1. The van der Waals surface area contributed by atoms with Gasteiger partial charge in [0.25, 0.3) is 0 Å². The predicted octanol–water partition coefficient (Wildman–Crippen LogP) is 1.87. The van der Waals surface area contributed by atoms with Crippen molar-refractivity contribution in [1.82, 2.24) is 4.90 Å². The second-order valence-electron chi connectivity index (χ2n) is 3.63. The van der Waals surface area contributed by atoms with E-state index < -0.39 is 0 Å². The predicted molar refractivity (Wildman–Crippen MR) is 62.7 cm³/mol. The largest absolute Gasteiger partial charge is 0.323 e. The van der Waals surface area contributed by atoms with Crippen molar-refractivity contribution in [3.63, 3.8) is 0 Å². The van der Waals surface area contributed by atoms with E-state index in [0.29, 0.717) is 0 Å². The third-order valence-corrected chi connectivity index (χ3v) is 1.88. The Morgan fingerprint density at radius 2 is 2.27 bits per heavy atom. The average Bonchev–Trinajstić information content (AvgIpc) is 2.17. The molecule has 80 valence electrons. The number of amides is 1. The zero-order valence-corrected chi connectivity index (χ0v) is 9.16. The Morgan fingerprint density at radius 3 is 2.87 bits per heavy atom. The highest BCUT2D eigenvalue weighted by atomic mass is 16.1. The Kier molecular flexibility index (Phi) is 4.06. The molecule has 0 atom stereocenters. The molecule has 0 heterocycles. The van der Waals surface area contributed by atoms with Crippen LogP contribution in [0.1, 0.15) is 5.56 Å². The Bertz CT molecular complexity index is 358. The fourth-order valence-electron chi connectivity index (χ4n) is 1.31. The van der Waals surface area contributed by atoms with Crippen LogP contribution in [0.3, 0.4) is 0 Å². The monoisotopic (exact) mass is 204 g/mol. The fraction of sp³-hybridized carbons (Fsp3) is 0.250. The highest BCUT2D eigenvalue weighted by Crippen LogP contribution is 2.11. The van der Waals surface area contributed by atoms with E-state index in [9.17, 15) is 4.79 Å². The van der Waals surface area contributed by atoms with Crippen LogP contribution in [0.2, 0.25) is 0 Å². The molecule has 0 unspecified atom stereocenters. The van der Waals surface area contributed by atoms with Crippen LogP contribution in [0.5, 0.6) is 0 Å². The lowest BCUT2D eigenvalue weighted by Crippen LogP contribution is -2.11. The maximum Gasteiger partial charge on any atom is 0.247 e. The van der Waals surface area contributed by atoms with Crippen molar-refractivity contribution >= 4 is 11.6 Å². The molecule has 1 rings (SSSR count). The smallest absolute Gasteiger partial charge is 0.247 e. The van der Waals surface area contributed by atoms with Crippen LogP contribution in [0, 0.1) is 0 Å². The summed E-state index contributed by atoms with van der Waals surface area (Å²) in [5.41, 5.74) is 1.97. The van der Waals surface area contributed by atoms with Gasteiger partial charge in [-0.1, -0.05) is 18.7 Å². The molecular weight excluding hydrogens is 188 g/mol. The van der Waals surface area contributed by atoms with Gasteiger partial charge in [-0.3, -0.25) is 4.79 Å². The standard InChI is InChI=1S/C12H16N2O/c1-4-12(15)13-11-7-5-6-10(8-11)9-14(2)3/h4-8H,1,9H2,2-3H3,(H,13,15). The Labute approximate surface area is 90.4 Å². The van der Waals surface area contributed by atoms with Crippen LogP contribution in [-0.2, 0) is 11.3 Å². The topological polar surface area (TPSA) is 32.3 Å². The maximum absolute atomic E-state index is 11.1. The van der Waals surface area contributed by atoms with Gasteiger partial charge < -0.3 is 10.2 Å². The van der Waals surface area contributed by atoms with E-state index in [2.05, 4.69) is 16.8 Å². The summed E-state index contributed by atoms with van der Waals surface area (Å²) in [6, 6.07) is 7.78. The maximum atomic E-state index is 11.1. The molecule has 0 bridgehead atoms. The molecule has 0 spiro atoms. The molecule has 0 saturated carbocycles. The van der Waals surface area contributed by atoms with E-state index >= 15 is 0 Å². The summed E-state index contributed by atoms with van der Waals surface area (Å²) in [6.45, 7) is 4.27. The first-order chi connectivity index (χ1) is 7.11. The Morgan fingerprint density at radius 1 is 1.53 bits per heavy atom. The van der Waals surface area contributed by atoms with E-state index in [1.54, 1.807) is 0 Å². The number of anilines is 1. The van der Waals surface area contributed by atoms with Gasteiger partial charge in [-0.15, -0.1) is 0 Å². The molecule has 0 aliphatic heterocycles. The van der Waals surface area contributed by atoms with Gasteiger partial charge in [0.05, 0.1) is 0 Å². The summed E-state index contributed by atoms with van der Waals surface area (Å²) in [7, 11) is 4.02. The van der Waals surface area contributed by atoms with Gasteiger partial charge in [-0.25, -0.2) is 0 Å². The summed E-state index contributed by atoms with van der Waals surface area (Å²) < 4.78 is 0. The van der Waals surface area contributed by atoms with Gasteiger partial charge in [0.15, 0.2) is 0 Å². The van der Waals surface area contributed by atoms with Gasteiger partial charge in [-0.2, -0.15) is 0 Å². The van der Waals surface area contributed by atoms with Crippen molar-refractivity contribution in [2.45, 2.75) is 6.54 Å². The normalized spacial score (nSPS) is 10.1. The number of hydrogen-bond acceptors (Lipinski definition) is 2. The molecular formula is C12H16N2O. The molecule has 0 saturated heterocycles. The first-order valence-corrected chi connectivity index (χ1v) is 4.79. The van der Waals surface area contributed by atoms with Gasteiger partial charge in [0.1, 0.15) is 0 Å². The zero-order chi connectivity index (χ0) is 11.3. The van der Waals surface area contributed by atoms with Crippen molar-refractivity contribution < 1.29 is 4.79 Å². The quantitative estimate of drug-likeness (QED) is 0.759. The third kappa shape index (κ3) is 3.95. The van der Waals surface area contributed by atoms with Crippen molar-refractivity contribution in [2.24, 2.45) is 0 Å². The summed E-state index contributed by atoms with van der Waals surface area (Å²) in [5.74, 6) is -0.183. The second kappa shape index (κ2) is 5.32. The first kappa shape index (κ1) is 11.5. The highest BCUT2D eigenvalue weighted by molar-refractivity contribution is 5.98. The first-order valence-electron chi connectivity index (χ1n) is 4.79. The molecule has 1 N–H and O–H groups in total. The molecule has 0 aliphatic carbocycles.